The smallest absolute Gasteiger partial charge is 0.423 e. The van der Waals surface area contributed by atoms with Crippen molar-refractivity contribution in [1.82, 2.24) is 19.6 Å². The maximum atomic E-state index is 13.5. The fraction of sp³-hybridized carbons (Fsp3) is 0.615. The Hall–Kier alpha value is -2.68. The van der Waals surface area contributed by atoms with Gasteiger partial charge in [-0.15, -0.1) is 0 Å². The van der Waals surface area contributed by atoms with E-state index in [1.165, 1.54) is 4.31 Å². The second kappa shape index (κ2) is 11.7. The van der Waals surface area contributed by atoms with Gasteiger partial charge in [0.15, 0.2) is 0 Å². The fourth-order valence-electron chi connectivity index (χ4n) is 5.42. The molecule has 3 atom stereocenters. The summed E-state index contributed by atoms with van der Waals surface area (Å²) in [5, 5.41) is 6.54. The van der Waals surface area contributed by atoms with Crippen LogP contribution >= 0.6 is 0 Å². The van der Waals surface area contributed by atoms with E-state index >= 15 is 0 Å². The molecule has 0 aliphatic carbocycles. The predicted octanol–water partition coefficient (Wildman–Crippen LogP) is 3.11. The van der Waals surface area contributed by atoms with Crippen molar-refractivity contribution in [3.63, 3.8) is 0 Å². The van der Waals surface area contributed by atoms with Gasteiger partial charge >= 0.3 is 6.18 Å². The molecule has 2 aromatic rings. The van der Waals surface area contributed by atoms with E-state index < -0.39 is 33.7 Å². The summed E-state index contributed by atoms with van der Waals surface area (Å²) >= 11 is 0. The van der Waals surface area contributed by atoms with Crippen molar-refractivity contribution in [1.29, 1.82) is 0 Å². The van der Waals surface area contributed by atoms with Crippen LogP contribution < -0.4 is 20.3 Å². The number of benzene rings is 1. The lowest BCUT2D eigenvalue weighted by atomic mass is 10.1. The molecule has 5 rings (SSSR count). The van der Waals surface area contributed by atoms with Crippen LogP contribution in [0.25, 0.3) is 0 Å². The van der Waals surface area contributed by atoms with Gasteiger partial charge in [-0.1, -0.05) is 0 Å². The standard InChI is InChI=1S/C26H35F3N6O4S/c1-17-14-34(15-18(2)31-17)20-3-5-22(6-4-20)40(36,37)35-10-7-19(8-11-35)32-25-30-13-23(26(27,28)29)24(33-25)39-21-9-12-38-16-21/h3-6,13,17-19,21,31H,7-12,14-16H2,1-2H3,(H,30,32,33)/t17-,18-,21+/m1/s1. The van der Waals surface area contributed by atoms with E-state index in [2.05, 4.69) is 39.3 Å². The number of hydrogen-bond donors (Lipinski definition) is 2. The minimum absolute atomic E-state index is 0.00959. The second-order valence-electron chi connectivity index (χ2n) is 10.7. The molecule has 2 N–H and O–H groups in total. The lowest BCUT2D eigenvalue weighted by molar-refractivity contribution is -0.139. The predicted molar refractivity (Wildman–Crippen MR) is 143 cm³/mol. The van der Waals surface area contributed by atoms with Gasteiger partial charge in [-0.05, 0) is 51.0 Å². The molecule has 4 heterocycles. The Balaban J connectivity index is 1.20. The molecule has 220 valence electrons. The maximum Gasteiger partial charge on any atom is 0.423 e. The van der Waals surface area contributed by atoms with Crippen molar-refractivity contribution < 1.29 is 31.1 Å². The van der Waals surface area contributed by atoms with E-state index in [1.54, 1.807) is 12.1 Å². The Morgan fingerprint density at radius 1 is 1.07 bits per heavy atom. The van der Waals surface area contributed by atoms with Gasteiger partial charge in [-0.25, -0.2) is 13.4 Å². The quantitative estimate of drug-likeness (QED) is 0.508. The van der Waals surface area contributed by atoms with E-state index in [-0.39, 0.29) is 36.6 Å². The summed E-state index contributed by atoms with van der Waals surface area (Å²) in [6.45, 7) is 7.10. The van der Waals surface area contributed by atoms with Crippen molar-refractivity contribution in [2.24, 2.45) is 0 Å². The number of alkyl halides is 3. The van der Waals surface area contributed by atoms with Crippen LogP contribution in [0.4, 0.5) is 24.8 Å². The van der Waals surface area contributed by atoms with Crippen molar-refractivity contribution in [2.75, 3.05) is 49.6 Å². The van der Waals surface area contributed by atoms with Gasteiger partial charge in [0.1, 0.15) is 11.7 Å². The molecular formula is C26H35F3N6O4S. The molecule has 1 aromatic carbocycles. The maximum absolute atomic E-state index is 13.5. The average Bonchev–Trinajstić information content (AvgIpc) is 3.41. The van der Waals surface area contributed by atoms with Gasteiger partial charge in [0, 0.05) is 62.6 Å². The largest absolute Gasteiger partial charge is 0.471 e. The van der Waals surface area contributed by atoms with Crippen LogP contribution in [0.15, 0.2) is 35.4 Å². The Kier molecular flexibility index (Phi) is 8.41. The molecule has 14 heteroatoms. The van der Waals surface area contributed by atoms with Crippen LogP contribution in [-0.2, 0) is 20.9 Å². The number of nitrogens with one attached hydrogen (secondary N) is 2. The summed E-state index contributed by atoms with van der Waals surface area (Å²) in [5.41, 5.74) is -0.0553. The minimum atomic E-state index is -4.66. The van der Waals surface area contributed by atoms with Crippen molar-refractivity contribution >= 4 is 21.7 Å². The summed E-state index contributed by atoms with van der Waals surface area (Å²) in [6, 6.07) is 7.49. The van der Waals surface area contributed by atoms with Crippen LogP contribution in [0, 0.1) is 0 Å². The zero-order valence-electron chi connectivity index (χ0n) is 22.5. The molecule has 0 radical (unpaired) electrons. The van der Waals surface area contributed by atoms with Crippen molar-refractivity contribution in [3.8, 4) is 5.88 Å². The zero-order valence-corrected chi connectivity index (χ0v) is 23.3. The van der Waals surface area contributed by atoms with Gasteiger partial charge in [0.2, 0.25) is 21.9 Å². The SMILES string of the molecule is C[C@@H]1CN(c2ccc(S(=O)(=O)N3CCC(Nc4ncc(C(F)(F)F)c(O[C@H]5CCOC5)n4)CC3)cc2)C[C@@H](C)N1. The second-order valence-corrected chi connectivity index (χ2v) is 12.6. The monoisotopic (exact) mass is 584 g/mol. The minimum Gasteiger partial charge on any atom is -0.471 e. The number of piperidine rings is 1. The number of aromatic nitrogens is 2. The third kappa shape index (κ3) is 6.61. The highest BCUT2D eigenvalue weighted by molar-refractivity contribution is 7.89. The third-order valence-electron chi connectivity index (χ3n) is 7.41. The number of ether oxygens (including phenoxy) is 2. The van der Waals surface area contributed by atoms with Crippen molar-refractivity contribution in [2.45, 2.75) is 68.4 Å². The fourth-order valence-corrected chi connectivity index (χ4v) is 6.89. The van der Waals surface area contributed by atoms with Gasteiger partial charge in [0.05, 0.1) is 18.1 Å². The molecule has 0 saturated carbocycles. The molecule has 3 aliphatic heterocycles. The van der Waals surface area contributed by atoms with Gasteiger partial charge in [0.25, 0.3) is 0 Å². The molecular weight excluding hydrogens is 549 g/mol. The molecule has 3 saturated heterocycles. The number of nitrogens with zero attached hydrogens (tertiary/aromatic N) is 4. The summed E-state index contributed by atoms with van der Waals surface area (Å²) in [6.07, 6.45) is -3.07. The van der Waals surface area contributed by atoms with Crippen LogP contribution in [0.5, 0.6) is 5.88 Å². The van der Waals surface area contributed by atoms with Gasteiger partial charge < -0.3 is 25.0 Å². The molecule has 10 nitrogen and oxygen atoms in total. The van der Waals surface area contributed by atoms with Crippen LogP contribution in [0.2, 0.25) is 0 Å². The lowest BCUT2D eigenvalue weighted by Gasteiger charge is -2.37. The number of sulfonamides is 1. The first-order valence-corrected chi connectivity index (χ1v) is 15.0. The highest BCUT2D eigenvalue weighted by Gasteiger charge is 2.38. The number of halogens is 3. The molecule has 0 bridgehead atoms. The Labute approximate surface area is 232 Å². The molecule has 0 unspecified atom stereocenters. The molecule has 0 amide bonds. The zero-order chi connectivity index (χ0) is 28.5. The highest BCUT2D eigenvalue weighted by atomic mass is 32.2. The number of anilines is 2. The molecule has 40 heavy (non-hydrogen) atoms. The Morgan fingerprint density at radius 3 is 2.35 bits per heavy atom. The van der Waals surface area contributed by atoms with E-state index in [0.717, 1.165) is 18.8 Å². The Bertz CT molecular complexity index is 1260. The normalized spacial score (nSPS) is 25.2. The molecule has 3 fully saturated rings. The van der Waals surface area contributed by atoms with Crippen LogP contribution in [-0.4, -0.2) is 86.3 Å². The summed E-state index contributed by atoms with van der Waals surface area (Å²) in [4.78, 5) is 10.4. The van der Waals surface area contributed by atoms with Crippen molar-refractivity contribution in [3.05, 3.63) is 36.0 Å². The first-order valence-electron chi connectivity index (χ1n) is 13.6. The lowest BCUT2D eigenvalue weighted by Crippen LogP contribution is -2.54. The summed E-state index contributed by atoms with van der Waals surface area (Å²) in [7, 11) is -3.68. The van der Waals surface area contributed by atoms with Crippen LogP contribution in [0.1, 0.15) is 38.7 Å². The number of rotatable bonds is 7. The third-order valence-corrected chi connectivity index (χ3v) is 9.32. The average molecular weight is 585 g/mol. The van der Waals surface area contributed by atoms with E-state index in [9.17, 15) is 21.6 Å². The van der Waals surface area contributed by atoms with E-state index in [1.807, 2.05) is 12.1 Å². The molecule has 1 aromatic heterocycles. The summed E-state index contributed by atoms with van der Waals surface area (Å²) in [5.74, 6) is -0.524. The van der Waals surface area contributed by atoms with E-state index in [0.29, 0.717) is 44.1 Å². The van der Waals surface area contributed by atoms with Crippen LogP contribution in [0.3, 0.4) is 0 Å². The highest BCUT2D eigenvalue weighted by Crippen LogP contribution is 2.36. The van der Waals surface area contributed by atoms with Gasteiger partial charge in [-0.2, -0.15) is 22.5 Å². The topological polar surface area (TPSA) is 109 Å². The Morgan fingerprint density at radius 2 is 1.75 bits per heavy atom. The van der Waals surface area contributed by atoms with E-state index in [4.69, 9.17) is 9.47 Å². The molecule has 0 spiro atoms. The number of piperazine rings is 1. The molecule has 3 aliphatic rings. The summed E-state index contributed by atoms with van der Waals surface area (Å²) < 4.78 is 79.2. The number of hydrogen-bond acceptors (Lipinski definition) is 9. The van der Waals surface area contributed by atoms with Gasteiger partial charge in [-0.3, -0.25) is 0 Å². The first-order chi connectivity index (χ1) is 19.0. The first kappa shape index (κ1) is 28.8.